The van der Waals surface area contributed by atoms with Gasteiger partial charge in [0.15, 0.2) is 0 Å². The normalized spacial score (nSPS) is 29.8. The Balaban J connectivity index is 1.94. The van der Waals surface area contributed by atoms with Crippen molar-refractivity contribution >= 4 is 12.0 Å². The van der Waals surface area contributed by atoms with Crippen LogP contribution in [0.2, 0.25) is 0 Å². The Kier molecular flexibility index (Phi) is 3.50. The van der Waals surface area contributed by atoms with Gasteiger partial charge in [-0.2, -0.15) is 0 Å². The first-order valence-electron chi connectivity index (χ1n) is 6.76. The summed E-state index contributed by atoms with van der Waals surface area (Å²) in [5, 5.41) is 11.8. The van der Waals surface area contributed by atoms with Gasteiger partial charge in [0, 0.05) is 13.1 Å². The van der Waals surface area contributed by atoms with Crippen LogP contribution in [0.1, 0.15) is 39.5 Å². The smallest absolute Gasteiger partial charge is 0.329 e. The number of carboxylic acid groups (broad SMARTS) is 1. The molecule has 102 valence electrons. The standard InChI is InChI=1S/C13H22N2O3/c1-3-13(2,11(16)17)14-12(18)15-7-9-5-4-6-10(9)8-15/h9-10H,3-8H2,1-2H3,(H,14,18)(H,16,17). The van der Waals surface area contributed by atoms with E-state index in [1.165, 1.54) is 19.3 Å². The molecule has 2 amide bonds. The first-order valence-corrected chi connectivity index (χ1v) is 6.76. The van der Waals surface area contributed by atoms with Crippen LogP contribution in [-0.4, -0.2) is 40.6 Å². The summed E-state index contributed by atoms with van der Waals surface area (Å²) < 4.78 is 0. The van der Waals surface area contributed by atoms with Crippen LogP contribution in [0.15, 0.2) is 0 Å². The molecular weight excluding hydrogens is 232 g/mol. The second-order valence-electron chi connectivity index (χ2n) is 5.78. The van der Waals surface area contributed by atoms with Gasteiger partial charge in [0.1, 0.15) is 5.54 Å². The Bertz CT molecular complexity index is 346. The number of fused-ring (bicyclic) bond motifs is 1. The molecule has 18 heavy (non-hydrogen) atoms. The van der Waals surface area contributed by atoms with Crippen molar-refractivity contribution in [2.45, 2.75) is 45.1 Å². The van der Waals surface area contributed by atoms with Crippen molar-refractivity contribution in [1.82, 2.24) is 10.2 Å². The fourth-order valence-electron chi connectivity index (χ4n) is 3.01. The van der Waals surface area contributed by atoms with E-state index in [4.69, 9.17) is 5.11 Å². The highest BCUT2D eigenvalue weighted by Crippen LogP contribution is 2.37. The maximum Gasteiger partial charge on any atom is 0.329 e. The van der Waals surface area contributed by atoms with Crippen LogP contribution in [0.25, 0.3) is 0 Å². The largest absolute Gasteiger partial charge is 0.480 e. The lowest BCUT2D eigenvalue weighted by Crippen LogP contribution is -2.55. The lowest BCUT2D eigenvalue weighted by molar-refractivity contribution is -0.143. The molecule has 5 heteroatoms. The minimum Gasteiger partial charge on any atom is -0.480 e. The van der Waals surface area contributed by atoms with E-state index in [0.29, 0.717) is 18.3 Å². The summed E-state index contributed by atoms with van der Waals surface area (Å²) in [6, 6.07) is -0.226. The van der Waals surface area contributed by atoms with Gasteiger partial charge < -0.3 is 15.3 Å². The quantitative estimate of drug-likeness (QED) is 0.805. The van der Waals surface area contributed by atoms with E-state index in [1.54, 1.807) is 18.7 Å². The fourth-order valence-corrected chi connectivity index (χ4v) is 3.01. The fraction of sp³-hybridized carbons (Fsp3) is 0.846. The zero-order valence-electron chi connectivity index (χ0n) is 11.1. The van der Waals surface area contributed by atoms with E-state index in [1.807, 2.05) is 0 Å². The van der Waals surface area contributed by atoms with Crippen LogP contribution < -0.4 is 5.32 Å². The molecule has 0 aromatic heterocycles. The van der Waals surface area contributed by atoms with Gasteiger partial charge in [-0.25, -0.2) is 9.59 Å². The van der Waals surface area contributed by atoms with Crippen LogP contribution in [0, 0.1) is 11.8 Å². The highest BCUT2D eigenvalue weighted by Gasteiger charge is 2.40. The molecule has 3 atom stereocenters. The second-order valence-corrected chi connectivity index (χ2v) is 5.78. The lowest BCUT2D eigenvalue weighted by Gasteiger charge is -2.28. The van der Waals surface area contributed by atoms with Crippen LogP contribution in [-0.2, 0) is 4.79 Å². The second kappa shape index (κ2) is 4.78. The molecule has 1 saturated carbocycles. The number of carbonyl (C=O) groups excluding carboxylic acids is 1. The van der Waals surface area contributed by atoms with Crippen molar-refractivity contribution in [3.63, 3.8) is 0 Å². The molecule has 0 bridgehead atoms. The number of carboxylic acids is 1. The molecule has 1 aliphatic heterocycles. The number of amides is 2. The number of carbonyl (C=O) groups is 2. The first-order chi connectivity index (χ1) is 8.46. The van der Waals surface area contributed by atoms with Crippen LogP contribution in [0.3, 0.4) is 0 Å². The molecule has 2 fully saturated rings. The SMILES string of the molecule is CCC(C)(NC(=O)N1CC2CCCC2C1)C(=O)O. The zero-order valence-corrected chi connectivity index (χ0v) is 11.1. The number of rotatable bonds is 3. The summed E-state index contributed by atoms with van der Waals surface area (Å²) in [7, 11) is 0. The van der Waals surface area contributed by atoms with Crippen molar-refractivity contribution in [3.05, 3.63) is 0 Å². The molecule has 5 nitrogen and oxygen atoms in total. The van der Waals surface area contributed by atoms with Gasteiger partial charge in [0.2, 0.25) is 0 Å². The molecular formula is C13H22N2O3. The van der Waals surface area contributed by atoms with E-state index < -0.39 is 11.5 Å². The van der Waals surface area contributed by atoms with E-state index >= 15 is 0 Å². The third-order valence-corrected chi connectivity index (χ3v) is 4.58. The van der Waals surface area contributed by atoms with E-state index in [-0.39, 0.29) is 6.03 Å². The predicted molar refractivity (Wildman–Crippen MR) is 67.3 cm³/mol. The third-order valence-electron chi connectivity index (χ3n) is 4.58. The highest BCUT2D eigenvalue weighted by atomic mass is 16.4. The van der Waals surface area contributed by atoms with Gasteiger partial charge >= 0.3 is 12.0 Å². The summed E-state index contributed by atoms with van der Waals surface area (Å²) in [6.07, 6.45) is 4.07. The van der Waals surface area contributed by atoms with Gasteiger partial charge in [-0.05, 0) is 38.0 Å². The Morgan fingerprint density at radius 1 is 1.33 bits per heavy atom. The monoisotopic (exact) mass is 254 g/mol. The van der Waals surface area contributed by atoms with Gasteiger partial charge in [-0.15, -0.1) is 0 Å². The molecule has 1 saturated heterocycles. The summed E-state index contributed by atoms with van der Waals surface area (Å²) in [4.78, 5) is 25.1. The zero-order chi connectivity index (χ0) is 13.3. The molecule has 1 aliphatic carbocycles. The summed E-state index contributed by atoms with van der Waals surface area (Å²) in [6.45, 7) is 4.91. The average Bonchev–Trinajstić information content (AvgIpc) is 2.88. The number of nitrogens with one attached hydrogen (secondary N) is 1. The Morgan fingerprint density at radius 2 is 1.89 bits per heavy atom. The Labute approximate surface area is 108 Å². The summed E-state index contributed by atoms with van der Waals surface area (Å²) >= 11 is 0. The maximum absolute atomic E-state index is 12.1. The van der Waals surface area contributed by atoms with E-state index in [2.05, 4.69) is 5.32 Å². The average molecular weight is 254 g/mol. The third kappa shape index (κ3) is 2.31. The molecule has 1 heterocycles. The molecule has 0 spiro atoms. The molecule has 0 aromatic rings. The Hall–Kier alpha value is -1.26. The predicted octanol–water partition coefficient (Wildman–Crippen LogP) is 1.68. The topological polar surface area (TPSA) is 69.6 Å². The number of hydrogen-bond acceptors (Lipinski definition) is 2. The summed E-state index contributed by atoms with van der Waals surface area (Å²) in [5.74, 6) is 0.291. The maximum atomic E-state index is 12.1. The number of aliphatic carboxylic acids is 1. The van der Waals surface area contributed by atoms with Crippen LogP contribution in [0.5, 0.6) is 0 Å². The van der Waals surface area contributed by atoms with Crippen molar-refractivity contribution < 1.29 is 14.7 Å². The molecule has 3 unspecified atom stereocenters. The van der Waals surface area contributed by atoms with E-state index in [9.17, 15) is 9.59 Å². The van der Waals surface area contributed by atoms with Crippen LogP contribution in [0.4, 0.5) is 4.79 Å². The van der Waals surface area contributed by atoms with Crippen molar-refractivity contribution in [2.75, 3.05) is 13.1 Å². The molecule has 2 rings (SSSR count). The van der Waals surface area contributed by atoms with Crippen molar-refractivity contribution in [2.24, 2.45) is 11.8 Å². The van der Waals surface area contributed by atoms with E-state index in [0.717, 1.165) is 13.1 Å². The van der Waals surface area contributed by atoms with Gasteiger partial charge in [0.05, 0.1) is 0 Å². The number of nitrogens with zero attached hydrogens (tertiary/aromatic N) is 1. The van der Waals surface area contributed by atoms with Crippen molar-refractivity contribution in [3.8, 4) is 0 Å². The number of urea groups is 1. The first kappa shape index (κ1) is 13.2. The summed E-state index contributed by atoms with van der Waals surface area (Å²) in [5.41, 5.74) is -1.16. The van der Waals surface area contributed by atoms with Gasteiger partial charge in [-0.3, -0.25) is 0 Å². The Morgan fingerprint density at radius 3 is 2.33 bits per heavy atom. The molecule has 0 aromatic carbocycles. The van der Waals surface area contributed by atoms with Gasteiger partial charge in [-0.1, -0.05) is 13.3 Å². The minimum absolute atomic E-state index is 0.226. The number of likely N-dealkylation sites (tertiary alicyclic amines) is 1. The minimum atomic E-state index is -1.16. The highest BCUT2D eigenvalue weighted by molar-refractivity contribution is 5.86. The lowest BCUT2D eigenvalue weighted by atomic mass is 10.00. The van der Waals surface area contributed by atoms with Crippen molar-refractivity contribution in [1.29, 1.82) is 0 Å². The van der Waals surface area contributed by atoms with Gasteiger partial charge in [0.25, 0.3) is 0 Å². The molecule has 0 radical (unpaired) electrons. The molecule has 2 aliphatic rings. The molecule has 2 N–H and O–H groups in total. The number of hydrogen-bond donors (Lipinski definition) is 2. The van der Waals surface area contributed by atoms with Crippen LogP contribution >= 0.6 is 0 Å².